The second-order valence-corrected chi connectivity index (χ2v) is 4.20. The van der Waals surface area contributed by atoms with E-state index in [4.69, 9.17) is 11.6 Å². The van der Waals surface area contributed by atoms with Gasteiger partial charge in [-0.3, -0.25) is 0 Å². The fourth-order valence-corrected chi connectivity index (χ4v) is 1.37. The summed E-state index contributed by atoms with van der Waals surface area (Å²) in [7, 11) is -3.48. The van der Waals surface area contributed by atoms with Crippen LogP contribution in [0, 0.1) is 0 Å². The van der Waals surface area contributed by atoms with Crippen molar-refractivity contribution in [3.8, 4) is 5.75 Å². The second kappa shape index (κ2) is 5.22. The summed E-state index contributed by atoms with van der Waals surface area (Å²) < 4.78 is 25.9. The van der Waals surface area contributed by atoms with E-state index >= 15 is 0 Å². The molecule has 0 radical (unpaired) electrons. The molecule has 6 heteroatoms. The fraction of sp³-hybridized carbons (Fsp3) is 0.143. The van der Waals surface area contributed by atoms with Gasteiger partial charge in [0.15, 0.2) is 5.75 Å². The van der Waals surface area contributed by atoms with Crippen LogP contribution in [0.5, 0.6) is 5.75 Å². The first kappa shape index (κ1) is 13.3. The summed E-state index contributed by atoms with van der Waals surface area (Å²) >= 11 is 5.64. The Kier molecular flexibility index (Phi) is 5.32. The van der Waals surface area contributed by atoms with E-state index in [-0.39, 0.29) is 41.8 Å². The topological polar surface area (TPSA) is 43.4 Å². The predicted molar refractivity (Wildman–Crippen MR) is 48.0 cm³/mol. The van der Waals surface area contributed by atoms with Crippen molar-refractivity contribution < 1.29 is 43.6 Å². The van der Waals surface area contributed by atoms with Crippen LogP contribution < -0.4 is 33.7 Å². The molecule has 1 aromatic rings. The molecular weight excluding hydrogens is 223 g/mol. The molecule has 0 aliphatic carbocycles. The van der Waals surface area contributed by atoms with Crippen molar-refractivity contribution in [2.45, 2.75) is 0 Å². The number of hydrogen-bond donors (Lipinski definition) is 0. The van der Waals surface area contributed by atoms with E-state index < -0.39 is 10.1 Å². The number of rotatable bonds is 2. The minimum absolute atomic E-state index is 0. The third-order valence-electron chi connectivity index (χ3n) is 1.08. The summed E-state index contributed by atoms with van der Waals surface area (Å²) in [5.41, 5.74) is 0. The van der Waals surface area contributed by atoms with Crippen molar-refractivity contribution in [3.05, 3.63) is 29.3 Å². The Morgan fingerprint density at radius 1 is 1.38 bits per heavy atom. The quantitative estimate of drug-likeness (QED) is 0.473. The normalized spacial score (nSPS) is 10.3. The molecular formula is C7H8ClNaO3S. The van der Waals surface area contributed by atoms with Gasteiger partial charge in [0.2, 0.25) is 0 Å². The van der Waals surface area contributed by atoms with Crippen LogP contribution in [0.15, 0.2) is 24.3 Å². The van der Waals surface area contributed by atoms with Gasteiger partial charge in [-0.05, 0) is 12.1 Å². The zero-order valence-electron chi connectivity index (χ0n) is 8.32. The van der Waals surface area contributed by atoms with Gasteiger partial charge >= 0.3 is 39.7 Å². The maximum Gasteiger partial charge on any atom is 1.00 e. The Morgan fingerprint density at radius 3 is 2.38 bits per heavy atom. The van der Waals surface area contributed by atoms with Crippen LogP contribution in [0.2, 0.25) is 5.02 Å². The number of halogens is 1. The maximum absolute atomic E-state index is 10.7. The van der Waals surface area contributed by atoms with Crippen molar-refractivity contribution in [2.24, 2.45) is 0 Å². The average Bonchev–Trinajstić information content (AvgIpc) is 1.91. The van der Waals surface area contributed by atoms with Gasteiger partial charge in [-0.2, -0.15) is 8.42 Å². The molecule has 0 aliphatic heterocycles. The minimum atomic E-state index is -3.48. The maximum atomic E-state index is 10.7. The molecule has 13 heavy (non-hydrogen) atoms. The summed E-state index contributed by atoms with van der Waals surface area (Å²) in [4.78, 5) is 0. The zero-order valence-corrected chi connectivity index (χ0v) is 10.9. The fourth-order valence-electron chi connectivity index (χ4n) is 0.675. The summed E-state index contributed by atoms with van der Waals surface area (Å²) in [5.74, 6) is 0.154. The van der Waals surface area contributed by atoms with Gasteiger partial charge in [0.05, 0.1) is 11.3 Å². The van der Waals surface area contributed by atoms with Gasteiger partial charge in [0.1, 0.15) is 0 Å². The standard InChI is InChI=1S/C7H7ClO3S.Na.H/c1-12(9,10)11-7-5-3-2-4-6(7)8;;/h2-5H,1H3;;/q;+1;-1. The molecule has 0 spiro atoms. The molecule has 0 atom stereocenters. The third-order valence-corrected chi connectivity index (χ3v) is 1.87. The summed E-state index contributed by atoms with van der Waals surface area (Å²) in [6.07, 6.45) is 0.969. The number of hydrogen-bond acceptors (Lipinski definition) is 3. The van der Waals surface area contributed by atoms with Crippen LogP contribution in [0.1, 0.15) is 1.43 Å². The molecule has 0 aromatic heterocycles. The molecule has 0 saturated heterocycles. The molecule has 0 unspecified atom stereocenters. The molecule has 3 nitrogen and oxygen atoms in total. The van der Waals surface area contributed by atoms with Gasteiger partial charge in [0, 0.05) is 0 Å². The molecule has 0 amide bonds. The molecule has 0 N–H and O–H groups in total. The largest absolute Gasteiger partial charge is 1.00 e. The first-order valence-corrected chi connectivity index (χ1v) is 5.32. The summed E-state index contributed by atoms with van der Waals surface area (Å²) in [5, 5.41) is 0.280. The van der Waals surface area contributed by atoms with Crippen molar-refractivity contribution in [2.75, 3.05) is 6.26 Å². The van der Waals surface area contributed by atoms with Crippen LogP contribution in [-0.4, -0.2) is 14.7 Å². The molecule has 0 aliphatic rings. The van der Waals surface area contributed by atoms with E-state index in [9.17, 15) is 8.42 Å². The van der Waals surface area contributed by atoms with Crippen LogP contribution in [0.25, 0.3) is 0 Å². The Bertz CT molecular complexity index is 382. The molecule has 0 fully saturated rings. The SMILES string of the molecule is CS(=O)(=O)Oc1ccccc1Cl.[H-].[Na+]. The molecule has 68 valence electrons. The third kappa shape index (κ3) is 4.88. The van der Waals surface area contributed by atoms with Crippen LogP contribution >= 0.6 is 11.6 Å². The monoisotopic (exact) mass is 230 g/mol. The molecule has 0 saturated carbocycles. The first-order valence-electron chi connectivity index (χ1n) is 3.13. The minimum Gasteiger partial charge on any atom is -1.00 e. The molecule has 0 heterocycles. The van der Waals surface area contributed by atoms with E-state index in [1.807, 2.05) is 0 Å². The average molecular weight is 231 g/mol. The van der Waals surface area contributed by atoms with Crippen molar-refractivity contribution in [3.63, 3.8) is 0 Å². The zero-order chi connectivity index (χ0) is 9.19. The summed E-state index contributed by atoms with van der Waals surface area (Å²) in [6, 6.07) is 6.38. The van der Waals surface area contributed by atoms with E-state index in [0.717, 1.165) is 6.26 Å². The van der Waals surface area contributed by atoms with Crippen molar-refractivity contribution >= 4 is 21.7 Å². The molecule has 1 rings (SSSR count). The van der Waals surface area contributed by atoms with Gasteiger partial charge < -0.3 is 5.61 Å². The van der Waals surface area contributed by atoms with E-state index in [0.29, 0.717) is 0 Å². The van der Waals surface area contributed by atoms with Crippen LogP contribution in [0.3, 0.4) is 0 Å². The van der Waals surface area contributed by atoms with Crippen LogP contribution in [0.4, 0.5) is 0 Å². The van der Waals surface area contributed by atoms with Crippen molar-refractivity contribution in [1.29, 1.82) is 0 Å². The van der Waals surface area contributed by atoms with Gasteiger partial charge in [-0.15, -0.1) is 0 Å². The van der Waals surface area contributed by atoms with E-state index in [2.05, 4.69) is 4.18 Å². The molecule has 1 aromatic carbocycles. The Hall–Kier alpha value is 0.260. The first-order chi connectivity index (χ1) is 5.49. The Labute approximate surface area is 106 Å². The smallest absolute Gasteiger partial charge is 1.00 e. The predicted octanol–water partition coefficient (Wildman–Crippen LogP) is -1.21. The van der Waals surface area contributed by atoms with Crippen molar-refractivity contribution in [1.82, 2.24) is 0 Å². The Balaban J connectivity index is 0. The van der Waals surface area contributed by atoms with Gasteiger partial charge in [-0.25, -0.2) is 0 Å². The molecule has 0 bridgehead atoms. The second-order valence-electron chi connectivity index (χ2n) is 2.22. The van der Waals surface area contributed by atoms with Gasteiger partial charge in [0.25, 0.3) is 0 Å². The van der Waals surface area contributed by atoms with Crippen LogP contribution in [-0.2, 0) is 10.1 Å². The number of benzene rings is 1. The Morgan fingerprint density at radius 2 is 1.92 bits per heavy atom. The van der Waals surface area contributed by atoms with E-state index in [1.54, 1.807) is 18.2 Å². The summed E-state index contributed by atoms with van der Waals surface area (Å²) in [6.45, 7) is 0. The van der Waals surface area contributed by atoms with Gasteiger partial charge in [-0.1, -0.05) is 23.7 Å². The number of para-hydroxylation sites is 1. The van der Waals surface area contributed by atoms with E-state index in [1.165, 1.54) is 6.07 Å².